The monoisotopic (exact) mass is 303 g/mol. The number of ether oxygens (including phenoxy) is 1. The number of likely N-dealkylation sites (N-methyl/N-ethyl adjacent to an activating group) is 1. The van der Waals surface area contributed by atoms with Gasteiger partial charge in [0.15, 0.2) is 0 Å². The molecule has 0 aliphatic heterocycles. The molecule has 112 valence electrons. The summed E-state index contributed by atoms with van der Waals surface area (Å²) < 4.78 is 5.30. The molecule has 2 rings (SSSR count). The highest BCUT2D eigenvalue weighted by Crippen LogP contribution is 2.27. The Kier molecular flexibility index (Phi) is 5.66. The summed E-state index contributed by atoms with van der Waals surface area (Å²) in [5.41, 5.74) is 3.56. The smallest absolute Gasteiger partial charge is 0.119 e. The van der Waals surface area contributed by atoms with Crippen LogP contribution in [0.5, 0.6) is 5.75 Å². The third-order valence-electron chi connectivity index (χ3n) is 3.56. The van der Waals surface area contributed by atoms with Gasteiger partial charge in [0.25, 0.3) is 0 Å². The fraction of sp³-hybridized carbons (Fsp3) is 0.333. The van der Waals surface area contributed by atoms with Crippen LogP contribution in [0.4, 0.5) is 0 Å². The van der Waals surface area contributed by atoms with E-state index in [9.17, 15) is 0 Å². The van der Waals surface area contributed by atoms with Gasteiger partial charge in [0.05, 0.1) is 7.11 Å². The summed E-state index contributed by atoms with van der Waals surface area (Å²) in [6.45, 7) is 5.07. The molecule has 2 nitrogen and oxygen atoms in total. The van der Waals surface area contributed by atoms with E-state index in [1.165, 1.54) is 11.1 Å². The summed E-state index contributed by atoms with van der Waals surface area (Å²) in [6, 6.07) is 14.6. The third-order valence-corrected chi connectivity index (χ3v) is 3.88. The lowest BCUT2D eigenvalue weighted by atomic mass is 9.97. The Bertz CT molecular complexity index is 598. The first kappa shape index (κ1) is 15.9. The molecule has 0 aliphatic carbocycles. The SMILES string of the molecule is CCNC(Cc1cccc(OC)c1)c1ccc(C)cc1Cl. The Morgan fingerprint density at radius 2 is 2.00 bits per heavy atom. The van der Waals surface area contributed by atoms with E-state index < -0.39 is 0 Å². The van der Waals surface area contributed by atoms with Crippen LogP contribution in [0.2, 0.25) is 5.02 Å². The van der Waals surface area contributed by atoms with Crippen molar-refractivity contribution in [3.8, 4) is 5.75 Å². The molecule has 1 unspecified atom stereocenters. The van der Waals surface area contributed by atoms with Crippen LogP contribution < -0.4 is 10.1 Å². The molecule has 3 heteroatoms. The van der Waals surface area contributed by atoms with Gasteiger partial charge in [0.2, 0.25) is 0 Å². The van der Waals surface area contributed by atoms with Crippen molar-refractivity contribution in [2.45, 2.75) is 26.3 Å². The maximum Gasteiger partial charge on any atom is 0.119 e. The summed E-state index contributed by atoms with van der Waals surface area (Å²) in [5, 5.41) is 4.34. The van der Waals surface area contributed by atoms with Crippen LogP contribution in [-0.2, 0) is 6.42 Å². The van der Waals surface area contributed by atoms with Crippen LogP contribution in [0.3, 0.4) is 0 Å². The lowest BCUT2D eigenvalue weighted by Gasteiger charge is -2.20. The number of hydrogen-bond donors (Lipinski definition) is 1. The molecule has 0 amide bonds. The van der Waals surface area contributed by atoms with Gasteiger partial charge in [-0.15, -0.1) is 0 Å². The van der Waals surface area contributed by atoms with Gasteiger partial charge in [0.1, 0.15) is 5.75 Å². The van der Waals surface area contributed by atoms with Gasteiger partial charge in [0, 0.05) is 11.1 Å². The molecule has 0 fully saturated rings. The van der Waals surface area contributed by atoms with Crippen LogP contribution in [0.15, 0.2) is 42.5 Å². The second-order valence-corrected chi connectivity index (χ2v) is 5.60. The van der Waals surface area contributed by atoms with Gasteiger partial charge < -0.3 is 10.1 Å². The molecular weight excluding hydrogens is 282 g/mol. The van der Waals surface area contributed by atoms with E-state index in [1.54, 1.807) is 7.11 Å². The predicted molar refractivity (Wildman–Crippen MR) is 89.3 cm³/mol. The first-order valence-corrected chi connectivity index (χ1v) is 7.64. The summed E-state index contributed by atoms with van der Waals surface area (Å²) >= 11 is 6.42. The van der Waals surface area contributed by atoms with Crippen molar-refractivity contribution in [3.63, 3.8) is 0 Å². The van der Waals surface area contributed by atoms with Crippen molar-refractivity contribution in [2.24, 2.45) is 0 Å². The Balaban J connectivity index is 2.26. The van der Waals surface area contributed by atoms with Crippen LogP contribution in [0, 0.1) is 6.92 Å². The zero-order valence-corrected chi connectivity index (χ0v) is 13.6. The molecule has 2 aromatic rings. The van der Waals surface area contributed by atoms with Crippen LogP contribution in [0.1, 0.15) is 29.7 Å². The van der Waals surface area contributed by atoms with Gasteiger partial charge in [-0.05, 0) is 54.8 Å². The largest absolute Gasteiger partial charge is 0.497 e. The molecule has 21 heavy (non-hydrogen) atoms. The summed E-state index contributed by atoms with van der Waals surface area (Å²) in [7, 11) is 1.69. The van der Waals surface area contributed by atoms with E-state index in [2.05, 4.69) is 43.4 Å². The van der Waals surface area contributed by atoms with Crippen LogP contribution in [-0.4, -0.2) is 13.7 Å². The van der Waals surface area contributed by atoms with Crippen molar-refractivity contribution in [3.05, 3.63) is 64.2 Å². The van der Waals surface area contributed by atoms with E-state index in [1.807, 2.05) is 18.2 Å². The number of aryl methyl sites for hydroxylation is 1. The third kappa shape index (κ3) is 4.23. The van der Waals surface area contributed by atoms with Gasteiger partial charge in [-0.2, -0.15) is 0 Å². The van der Waals surface area contributed by atoms with Crippen molar-refractivity contribution >= 4 is 11.6 Å². The minimum absolute atomic E-state index is 0.204. The molecule has 0 saturated carbocycles. The van der Waals surface area contributed by atoms with E-state index in [0.29, 0.717) is 0 Å². The summed E-state index contributed by atoms with van der Waals surface area (Å²) in [6.07, 6.45) is 0.883. The number of hydrogen-bond acceptors (Lipinski definition) is 2. The van der Waals surface area contributed by atoms with E-state index in [0.717, 1.165) is 29.3 Å². The fourth-order valence-corrected chi connectivity index (χ4v) is 2.86. The highest BCUT2D eigenvalue weighted by Gasteiger charge is 2.14. The molecule has 0 aromatic heterocycles. The van der Waals surface area contributed by atoms with Gasteiger partial charge in [-0.25, -0.2) is 0 Å². The normalized spacial score (nSPS) is 12.2. The average Bonchev–Trinajstić information content (AvgIpc) is 2.47. The van der Waals surface area contributed by atoms with E-state index in [4.69, 9.17) is 16.3 Å². The van der Waals surface area contributed by atoms with Gasteiger partial charge in [-0.3, -0.25) is 0 Å². The number of methoxy groups -OCH3 is 1. The molecule has 1 N–H and O–H groups in total. The minimum atomic E-state index is 0.204. The first-order chi connectivity index (χ1) is 10.1. The molecule has 0 spiro atoms. The molecule has 0 radical (unpaired) electrons. The zero-order chi connectivity index (χ0) is 15.2. The minimum Gasteiger partial charge on any atom is -0.497 e. The molecule has 0 aliphatic rings. The van der Waals surface area contributed by atoms with Gasteiger partial charge >= 0.3 is 0 Å². The quantitative estimate of drug-likeness (QED) is 0.845. The second kappa shape index (κ2) is 7.48. The standard InChI is InChI=1S/C18H22ClNO/c1-4-20-18(16-9-8-13(2)10-17(16)19)12-14-6-5-7-15(11-14)21-3/h5-11,18,20H,4,12H2,1-3H3. The molecule has 0 bridgehead atoms. The Morgan fingerprint density at radius 1 is 1.19 bits per heavy atom. The zero-order valence-electron chi connectivity index (χ0n) is 12.8. The number of halogens is 1. The van der Waals surface area contributed by atoms with Crippen LogP contribution >= 0.6 is 11.6 Å². The molecule has 2 aromatic carbocycles. The van der Waals surface area contributed by atoms with Gasteiger partial charge in [-0.1, -0.05) is 42.8 Å². The van der Waals surface area contributed by atoms with Crippen molar-refractivity contribution < 1.29 is 4.74 Å². The lowest BCUT2D eigenvalue weighted by molar-refractivity contribution is 0.414. The van der Waals surface area contributed by atoms with Crippen molar-refractivity contribution in [2.75, 3.05) is 13.7 Å². The predicted octanol–water partition coefficient (Wildman–Crippen LogP) is 4.55. The molecule has 1 atom stereocenters. The Morgan fingerprint density at radius 3 is 2.67 bits per heavy atom. The highest BCUT2D eigenvalue weighted by molar-refractivity contribution is 6.31. The number of nitrogens with one attached hydrogen (secondary N) is 1. The van der Waals surface area contributed by atoms with Crippen molar-refractivity contribution in [1.82, 2.24) is 5.32 Å². The maximum absolute atomic E-state index is 6.42. The summed E-state index contributed by atoms with van der Waals surface area (Å²) in [4.78, 5) is 0. The van der Waals surface area contributed by atoms with Crippen molar-refractivity contribution in [1.29, 1.82) is 0 Å². The second-order valence-electron chi connectivity index (χ2n) is 5.19. The summed E-state index contributed by atoms with van der Waals surface area (Å²) in [5.74, 6) is 0.887. The molecule has 0 heterocycles. The topological polar surface area (TPSA) is 21.3 Å². The average molecular weight is 304 g/mol. The Hall–Kier alpha value is -1.51. The van der Waals surface area contributed by atoms with Crippen LogP contribution in [0.25, 0.3) is 0 Å². The first-order valence-electron chi connectivity index (χ1n) is 7.26. The number of benzene rings is 2. The lowest BCUT2D eigenvalue weighted by Crippen LogP contribution is -2.23. The Labute approximate surface area is 132 Å². The van der Waals surface area contributed by atoms with E-state index in [-0.39, 0.29) is 6.04 Å². The fourth-order valence-electron chi connectivity index (χ4n) is 2.49. The van der Waals surface area contributed by atoms with E-state index >= 15 is 0 Å². The molecule has 0 saturated heterocycles. The number of rotatable bonds is 6. The highest BCUT2D eigenvalue weighted by atomic mass is 35.5. The molecular formula is C18H22ClNO. The maximum atomic E-state index is 6.42.